The summed E-state index contributed by atoms with van der Waals surface area (Å²) in [6, 6.07) is 3.66. The quantitative estimate of drug-likeness (QED) is 0.608. The lowest BCUT2D eigenvalue weighted by atomic mass is 9.57. The number of allylic oxidation sites excluding steroid dienone is 2. The molecule has 3 amide bonds. The number of nitrogens with zero attached hydrogens (tertiary/aromatic N) is 1. The van der Waals surface area contributed by atoms with E-state index >= 15 is 0 Å². The van der Waals surface area contributed by atoms with Crippen molar-refractivity contribution in [3.63, 3.8) is 0 Å². The SMILES string of the molecule is CC1=C(C)C2C3CC3C1[C@H]1C(=O)N(NC(=O)c3ccc(C(F)(F)F)cc3)C(=O)[C@@H]21. The van der Waals surface area contributed by atoms with Crippen molar-refractivity contribution in [1.82, 2.24) is 10.4 Å². The van der Waals surface area contributed by atoms with Crippen LogP contribution in [0.4, 0.5) is 13.2 Å². The summed E-state index contributed by atoms with van der Waals surface area (Å²) in [6.07, 6.45) is -3.47. The molecule has 152 valence electrons. The van der Waals surface area contributed by atoms with Gasteiger partial charge in [-0.3, -0.25) is 19.8 Å². The average molecular weight is 404 g/mol. The molecule has 4 unspecified atom stereocenters. The highest BCUT2D eigenvalue weighted by atomic mass is 19.4. The monoisotopic (exact) mass is 404 g/mol. The van der Waals surface area contributed by atoms with Crippen LogP contribution in [0.25, 0.3) is 0 Å². The molecule has 29 heavy (non-hydrogen) atoms. The van der Waals surface area contributed by atoms with Crippen LogP contribution >= 0.6 is 0 Å². The fraction of sp³-hybridized carbons (Fsp3) is 0.476. The number of hydrogen-bond acceptors (Lipinski definition) is 3. The number of rotatable bonds is 2. The lowest BCUT2D eigenvalue weighted by molar-refractivity contribution is -0.143. The van der Waals surface area contributed by atoms with Crippen LogP contribution in [0.1, 0.15) is 36.2 Å². The molecule has 2 bridgehead atoms. The molecule has 2 saturated carbocycles. The molecule has 0 radical (unpaired) electrons. The van der Waals surface area contributed by atoms with E-state index in [1.165, 1.54) is 11.1 Å². The smallest absolute Gasteiger partial charge is 0.272 e. The van der Waals surface area contributed by atoms with Crippen molar-refractivity contribution >= 4 is 17.7 Å². The molecule has 1 aromatic rings. The average Bonchev–Trinajstić information content (AvgIpc) is 3.43. The maximum absolute atomic E-state index is 13.0. The molecule has 3 fully saturated rings. The zero-order valence-electron chi connectivity index (χ0n) is 15.8. The van der Waals surface area contributed by atoms with Crippen LogP contribution in [-0.2, 0) is 15.8 Å². The van der Waals surface area contributed by atoms with Gasteiger partial charge in [-0.2, -0.15) is 18.2 Å². The van der Waals surface area contributed by atoms with E-state index < -0.39 is 41.3 Å². The Morgan fingerprint density at radius 1 is 0.931 bits per heavy atom. The van der Waals surface area contributed by atoms with Crippen LogP contribution in [0, 0.1) is 35.5 Å². The van der Waals surface area contributed by atoms with Gasteiger partial charge in [0, 0.05) is 5.56 Å². The Morgan fingerprint density at radius 2 is 1.41 bits per heavy atom. The number of carbonyl (C=O) groups excluding carboxylic acids is 3. The van der Waals surface area contributed by atoms with Crippen LogP contribution in [0.2, 0.25) is 0 Å². The lowest BCUT2D eigenvalue weighted by Gasteiger charge is -2.44. The molecule has 0 spiro atoms. The van der Waals surface area contributed by atoms with Gasteiger partial charge in [-0.05, 0) is 68.2 Å². The maximum Gasteiger partial charge on any atom is 0.416 e. The molecule has 6 atom stereocenters. The summed E-state index contributed by atoms with van der Waals surface area (Å²) >= 11 is 0. The lowest BCUT2D eigenvalue weighted by Crippen LogP contribution is -2.47. The van der Waals surface area contributed by atoms with E-state index in [1.807, 2.05) is 13.8 Å². The molecule has 5 aliphatic rings. The second kappa shape index (κ2) is 5.70. The standard InChI is InChI=1S/C21H19F3N2O3/c1-8-9(2)15-13-7-12(13)14(8)16-17(15)20(29)26(19(16)28)25-18(27)10-3-5-11(6-4-10)21(22,23)24/h3-6,12-17H,7H2,1-2H3,(H,25,27)/t12?,13?,14?,15?,16-,17+. The van der Waals surface area contributed by atoms with Gasteiger partial charge < -0.3 is 0 Å². The van der Waals surface area contributed by atoms with E-state index in [4.69, 9.17) is 0 Å². The first-order valence-corrected chi connectivity index (χ1v) is 9.64. The van der Waals surface area contributed by atoms with Crippen LogP contribution in [0.3, 0.4) is 0 Å². The highest BCUT2D eigenvalue weighted by molar-refractivity contribution is 6.08. The van der Waals surface area contributed by atoms with Crippen LogP contribution in [-0.4, -0.2) is 22.7 Å². The van der Waals surface area contributed by atoms with E-state index in [9.17, 15) is 27.6 Å². The molecule has 4 aliphatic carbocycles. The summed E-state index contributed by atoms with van der Waals surface area (Å²) < 4.78 is 38.1. The highest BCUT2D eigenvalue weighted by Crippen LogP contribution is 2.69. The third-order valence-corrected chi connectivity index (χ3v) is 7.30. The van der Waals surface area contributed by atoms with Crippen LogP contribution in [0.5, 0.6) is 0 Å². The normalized spacial score (nSPS) is 35.0. The van der Waals surface area contributed by atoms with Crippen molar-refractivity contribution < 1.29 is 27.6 Å². The van der Waals surface area contributed by atoms with Crippen LogP contribution < -0.4 is 5.43 Å². The molecule has 1 saturated heterocycles. The van der Waals surface area contributed by atoms with E-state index in [0.717, 1.165) is 35.7 Å². The Labute approximate surface area is 164 Å². The van der Waals surface area contributed by atoms with Gasteiger partial charge in [0.1, 0.15) is 0 Å². The van der Waals surface area contributed by atoms with Gasteiger partial charge in [0.05, 0.1) is 17.4 Å². The van der Waals surface area contributed by atoms with Gasteiger partial charge in [-0.25, -0.2) is 0 Å². The maximum atomic E-state index is 13.0. The van der Waals surface area contributed by atoms with Gasteiger partial charge in [-0.1, -0.05) is 11.1 Å². The Kier molecular flexibility index (Phi) is 3.62. The third-order valence-electron chi connectivity index (χ3n) is 7.30. The molecule has 1 N–H and O–H groups in total. The van der Waals surface area contributed by atoms with E-state index in [0.29, 0.717) is 11.8 Å². The third kappa shape index (κ3) is 2.44. The first kappa shape index (κ1) is 18.4. The first-order chi connectivity index (χ1) is 13.6. The predicted molar refractivity (Wildman–Crippen MR) is 94.7 cm³/mol. The molecule has 6 rings (SSSR count). The van der Waals surface area contributed by atoms with Crippen molar-refractivity contribution in [3.05, 3.63) is 46.5 Å². The topological polar surface area (TPSA) is 66.5 Å². The number of alkyl halides is 3. The molecule has 5 nitrogen and oxygen atoms in total. The van der Waals surface area contributed by atoms with Crippen molar-refractivity contribution in [2.24, 2.45) is 35.5 Å². The fourth-order valence-electron chi connectivity index (χ4n) is 5.86. The van der Waals surface area contributed by atoms with Gasteiger partial charge in [0.2, 0.25) is 0 Å². The number of nitrogens with one attached hydrogen (secondary N) is 1. The summed E-state index contributed by atoms with van der Waals surface area (Å²) in [5.74, 6) is -1.54. The van der Waals surface area contributed by atoms with Crippen molar-refractivity contribution in [2.75, 3.05) is 0 Å². The van der Waals surface area contributed by atoms with Crippen molar-refractivity contribution in [1.29, 1.82) is 0 Å². The van der Waals surface area contributed by atoms with Gasteiger partial charge in [-0.15, -0.1) is 0 Å². The Balaban J connectivity index is 1.38. The van der Waals surface area contributed by atoms with Gasteiger partial charge in [0.25, 0.3) is 17.7 Å². The number of carbonyl (C=O) groups is 3. The summed E-state index contributed by atoms with van der Waals surface area (Å²) in [7, 11) is 0. The largest absolute Gasteiger partial charge is 0.416 e. The molecular formula is C21H19F3N2O3. The minimum Gasteiger partial charge on any atom is -0.272 e. The Bertz CT molecular complexity index is 940. The number of amides is 3. The van der Waals surface area contributed by atoms with E-state index in [2.05, 4.69) is 5.43 Å². The highest BCUT2D eigenvalue weighted by Gasteiger charge is 2.69. The Hall–Kier alpha value is -2.64. The second-order valence-corrected chi connectivity index (χ2v) is 8.56. The minimum absolute atomic E-state index is 0.0411. The summed E-state index contributed by atoms with van der Waals surface area (Å²) in [4.78, 5) is 38.5. The summed E-state index contributed by atoms with van der Waals surface area (Å²) in [5.41, 5.74) is 3.78. The molecule has 1 aromatic carbocycles. The van der Waals surface area contributed by atoms with Gasteiger partial charge in [0.15, 0.2) is 0 Å². The number of halogens is 3. The van der Waals surface area contributed by atoms with Crippen molar-refractivity contribution in [3.8, 4) is 0 Å². The summed E-state index contributed by atoms with van der Waals surface area (Å²) in [6.45, 7) is 4.05. The fourth-order valence-corrected chi connectivity index (χ4v) is 5.86. The van der Waals surface area contributed by atoms with E-state index in [1.54, 1.807) is 0 Å². The van der Waals surface area contributed by atoms with Crippen LogP contribution in [0.15, 0.2) is 35.4 Å². The van der Waals surface area contributed by atoms with Crippen molar-refractivity contribution in [2.45, 2.75) is 26.4 Å². The van der Waals surface area contributed by atoms with Gasteiger partial charge >= 0.3 is 6.18 Å². The molecular weight excluding hydrogens is 385 g/mol. The number of hydrazine groups is 1. The van der Waals surface area contributed by atoms with E-state index in [-0.39, 0.29) is 17.4 Å². The zero-order chi connectivity index (χ0) is 20.8. The molecule has 0 aromatic heterocycles. The predicted octanol–water partition coefficient (Wildman–Crippen LogP) is 3.18. The molecule has 1 aliphatic heterocycles. The minimum atomic E-state index is -4.51. The Morgan fingerprint density at radius 3 is 1.86 bits per heavy atom. The first-order valence-electron chi connectivity index (χ1n) is 9.64. The number of benzene rings is 1. The summed E-state index contributed by atoms with van der Waals surface area (Å²) in [5, 5.41) is 0.798. The number of imide groups is 1. The molecule has 8 heteroatoms. The zero-order valence-corrected chi connectivity index (χ0v) is 15.8. The second-order valence-electron chi connectivity index (χ2n) is 8.56. The molecule has 1 heterocycles. The number of hydrogen-bond donors (Lipinski definition) is 1.